The van der Waals surface area contributed by atoms with Crippen LogP contribution >= 0.6 is 15.9 Å². The summed E-state index contributed by atoms with van der Waals surface area (Å²) in [6.45, 7) is 3.50. The zero-order valence-electron chi connectivity index (χ0n) is 11.5. The lowest BCUT2D eigenvalue weighted by Crippen LogP contribution is -2.13. The van der Waals surface area contributed by atoms with Gasteiger partial charge in [-0.3, -0.25) is 14.9 Å². The van der Waals surface area contributed by atoms with E-state index in [-0.39, 0.29) is 11.6 Å². The molecule has 0 aliphatic carbocycles. The fraction of sp³-hybridized carbons (Fsp3) is 0.133. The zero-order chi connectivity index (χ0) is 15.6. The molecule has 0 unspecified atom stereocenters. The van der Waals surface area contributed by atoms with Crippen LogP contribution in [0.2, 0.25) is 0 Å². The molecule has 1 N–H and O–H groups in total. The summed E-state index contributed by atoms with van der Waals surface area (Å²) in [6.07, 6.45) is 0. The molecule has 0 heterocycles. The van der Waals surface area contributed by atoms with Gasteiger partial charge in [0.1, 0.15) is 0 Å². The molecule has 1 amide bonds. The van der Waals surface area contributed by atoms with E-state index in [1.54, 1.807) is 37.3 Å². The Kier molecular flexibility index (Phi) is 4.37. The molecule has 0 saturated heterocycles. The number of nitrogens with one attached hydrogen (secondary N) is 1. The van der Waals surface area contributed by atoms with Gasteiger partial charge < -0.3 is 5.32 Å². The Bertz CT molecular complexity index is 729. The molecule has 21 heavy (non-hydrogen) atoms. The quantitative estimate of drug-likeness (QED) is 0.666. The molecule has 0 fully saturated rings. The van der Waals surface area contributed by atoms with Crippen LogP contribution in [0.5, 0.6) is 0 Å². The Balaban J connectivity index is 2.29. The van der Waals surface area contributed by atoms with Crippen molar-refractivity contribution in [1.29, 1.82) is 0 Å². The summed E-state index contributed by atoms with van der Waals surface area (Å²) in [5.41, 5.74) is 2.30. The lowest BCUT2D eigenvalue weighted by atomic mass is 10.1. The van der Waals surface area contributed by atoms with Gasteiger partial charge in [0.2, 0.25) is 0 Å². The monoisotopic (exact) mass is 348 g/mol. The molecule has 2 aromatic carbocycles. The molecule has 0 saturated carbocycles. The molecule has 0 aromatic heterocycles. The third-order valence-corrected chi connectivity index (χ3v) is 4.06. The number of anilines is 1. The van der Waals surface area contributed by atoms with Crippen molar-refractivity contribution in [3.8, 4) is 0 Å². The maximum atomic E-state index is 12.2. The molecule has 0 bridgehead atoms. The number of hydrogen-bond donors (Lipinski definition) is 1. The van der Waals surface area contributed by atoms with Crippen LogP contribution < -0.4 is 5.32 Å². The number of amides is 1. The average Bonchev–Trinajstić information content (AvgIpc) is 2.43. The first-order valence-corrected chi connectivity index (χ1v) is 7.01. The molecular weight excluding hydrogens is 336 g/mol. The van der Waals surface area contributed by atoms with Crippen molar-refractivity contribution in [2.45, 2.75) is 13.8 Å². The van der Waals surface area contributed by atoms with E-state index in [1.165, 1.54) is 6.07 Å². The van der Waals surface area contributed by atoms with Gasteiger partial charge in [-0.1, -0.05) is 22.0 Å². The number of nitro groups is 1. The minimum absolute atomic E-state index is 0.0141. The normalized spacial score (nSPS) is 10.2. The maximum Gasteiger partial charge on any atom is 0.274 e. The van der Waals surface area contributed by atoms with Gasteiger partial charge in [0.25, 0.3) is 11.6 Å². The van der Waals surface area contributed by atoms with Crippen LogP contribution in [0.3, 0.4) is 0 Å². The summed E-state index contributed by atoms with van der Waals surface area (Å²) >= 11 is 3.38. The van der Waals surface area contributed by atoms with Crippen LogP contribution in [0.25, 0.3) is 0 Å². The average molecular weight is 349 g/mol. The number of nitrogens with zero attached hydrogens (tertiary/aromatic N) is 1. The number of halogens is 1. The van der Waals surface area contributed by atoms with Crippen molar-refractivity contribution in [2.24, 2.45) is 0 Å². The topological polar surface area (TPSA) is 72.2 Å². The molecule has 6 heteroatoms. The Morgan fingerprint density at radius 2 is 1.95 bits per heavy atom. The Morgan fingerprint density at radius 3 is 2.57 bits per heavy atom. The van der Waals surface area contributed by atoms with Gasteiger partial charge in [0.15, 0.2) is 0 Å². The van der Waals surface area contributed by atoms with E-state index in [9.17, 15) is 14.9 Å². The third kappa shape index (κ3) is 3.28. The van der Waals surface area contributed by atoms with Gasteiger partial charge in [0.05, 0.1) is 16.2 Å². The number of carbonyl (C=O) groups is 1. The van der Waals surface area contributed by atoms with Crippen molar-refractivity contribution >= 4 is 33.2 Å². The standard InChI is InChI=1S/C15H13BrN2O3/c1-9-8-11(6-7-12(9)16)15(19)17-13-4-3-5-14(10(13)2)18(20)21/h3-8H,1-2H3,(H,17,19). The van der Waals surface area contributed by atoms with Crippen LogP contribution in [0.1, 0.15) is 21.5 Å². The molecule has 5 nitrogen and oxygen atoms in total. The van der Waals surface area contributed by atoms with E-state index in [2.05, 4.69) is 21.2 Å². The van der Waals surface area contributed by atoms with Crippen LogP contribution in [0, 0.1) is 24.0 Å². The highest BCUT2D eigenvalue weighted by atomic mass is 79.9. The first-order valence-electron chi connectivity index (χ1n) is 6.21. The minimum Gasteiger partial charge on any atom is -0.321 e. The number of benzene rings is 2. The predicted octanol–water partition coefficient (Wildman–Crippen LogP) is 4.23. The lowest BCUT2D eigenvalue weighted by Gasteiger charge is -2.09. The summed E-state index contributed by atoms with van der Waals surface area (Å²) < 4.78 is 0.922. The van der Waals surface area contributed by atoms with Crippen LogP contribution in [-0.4, -0.2) is 10.8 Å². The van der Waals surface area contributed by atoms with E-state index in [0.29, 0.717) is 16.8 Å². The van der Waals surface area contributed by atoms with E-state index in [0.717, 1.165) is 10.0 Å². The largest absolute Gasteiger partial charge is 0.321 e. The Labute approximate surface area is 130 Å². The molecule has 108 valence electrons. The number of hydrogen-bond acceptors (Lipinski definition) is 3. The third-order valence-electron chi connectivity index (χ3n) is 3.17. The second-order valence-corrected chi connectivity index (χ2v) is 5.48. The summed E-state index contributed by atoms with van der Waals surface area (Å²) in [4.78, 5) is 22.7. The van der Waals surface area contributed by atoms with Gasteiger partial charge in [-0.15, -0.1) is 0 Å². The molecule has 0 aliphatic heterocycles. The molecule has 0 spiro atoms. The Hall–Kier alpha value is -2.21. The van der Waals surface area contributed by atoms with E-state index in [1.807, 2.05) is 6.92 Å². The number of rotatable bonds is 3. The maximum absolute atomic E-state index is 12.2. The second-order valence-electron chi connectivity index (χ2n) is 4.62. The van der Waals surface area contributed by atoms with Crippen LogP contribution in [-0.2, 0) is 0 Å². The first-order chi connectivity index (χ1) is 9.90. The van der Waals surface area contributed by atoms with Crippen molar-refractivity contribution in [2.75, 3.05) is 5.32 Å². The van der Waals surface area contributed by atoms with Crippen molar-refractivity contribution in [1.82, 2.24) is 0 Å². The minimum atomic E-state index is -0.464. The van der Waals surface area contributed by atoms with E-state index < -0.39 is 4.92 Å². The van der Waals surface area contributed by atoms with Crippen molar-refractivity contribution in [3.05, 3.63) is 67.7 Å². The highest BCUT2D eigenvalue weighted by Crippen LogP contribution is 2.26. The smallest absolute Gasteiger partial charge is 0.274 e. The number of nitro benzene ring substituents is 1. The highest BCUT2D eigenvalue weighted by Gasteiger charge is 2.15. The fourth-order valence-electron chi connectivity index (χ4n) is 1.94. The van der Waals surface area contributed by atoms with Crippen LogP contribution in [0.15, 0.2) is 40.9 Å². The van der Waals surface area contributed by atoms with Crippen molar-refractivity contribution < 1.29 is 9.72 Å². The van der Waals surface area contributed by atoms with Gasteiger partial charge in [0, 0.05) is 16.1 Å². The highest BCUT2D eigenvalue weighted by molar-refractivity contribution is 9.10. The van der Waals surface area contributed by atoms with Gasteiger partial charge >= 0.3 is 0 Å². The zero-order valence-corrected chi connectivity index (χ0v) is 13.1. The molecule has 2 aromatic rings. The van der Waals surface area contributed by atoms with E-state index >= 15 is 0 Å². The fourth-order valence-corrected chi connectivity index (χ4v) is 2.18. The summed E-state index contributed by atoms with van der Waals surface area (Å²) in [6, 6.07) is 9.85. The molecular formula is C15H13BrN2O3. The molecule has 0 atom stereocenters. The summed E-state index contributed by atoms with van der Waals surface area (Å²) in [7, 11) is 0. The number of aryl methyl sites for hydroxylation is 1. The number of carbonyl (C=O) groups excluding carboxylic acids is 1. The molecule has 0 aliphatic rings. The summed E-state index contributed by atoms with van der Waals surface area (Å²) in [5, 5.41) is 13.6. The summed E-state index contributed by atoms with van der Waals surface area (Å²) in [5.74, 6) is -0.297. The predicted molar refractivity (Wildman–Crippen MR) is 84.7 cm³/mol. The van der Waals surface area contributed by atoms with Crippen LogP contribution in [0.4, 0.5) is 11.4 Å². The SMILES string of the molecule is Cc1cc(C(=O)Nc2cccc([N+](=O)[O-])c2C)ccc1Br. The Morgan fingerprint density at radius 1 is 1.24 bits per heavy atom. The molecule has 0 radical (unpaired) electrons. The van der Waals surface area contributed by atoms with Crippen molar-refractivity contribution in [3.63, 3.8) is 0 Å². The first kappa shape index (κ1) is 15.2. The van der Waals surface area contributed by atoms with Gasteiger partial charge in [-0.05, 0) is 43.7 Å². The van der Waals surface area contributed by atoms with Gasteiger partial charge in [-0.2, -0.15) is 0 Å². The second kappa shape index (κ2) is 6.05. The molecule has 2 rings (SSSR count). The lowest BCUT2D eigenvalue weighted by molar-refractivity contribution is -0.385. The van der Waals surface area contributed by atoms with E-state index in [4.69, 9.17) is 0 Å². The van der Waals surface area contributed by atoms with Gasteiger partial charge in [-0.25, -0.2) is 0 Å².